The molecule has 1 unspecified atom stereocenters. The summed E-state index contributed by atoms with van der Waals surface area (Å²) in [7, 11) is 1.69. The minimum atomic E-state index is -0.989. The second-order valence-electron chi connectivity index (χ2n) is 5.72. The fourth-order valence-electron chi connectivity index (χ4n) is 2.57. The molecule has 1 aromatic carbocycles. The summed E-state index contributed by atoms with van der Waals surface area (Å²) in [5, 5.41) is 14.0. The smallest absolute Gasteiger partial charge is 0.251 e. The monoisotopic (exact) mass is 301 g/mol. The number of hydrogen-bond acceptors (Lipinski definition) is 3. The van der Waals surface area contributed by atoms with Gasteiger partial charge in [0, 0.05) is 24.8 Å². The van der Waals surface area contributed by atoms with Crippen LogP contribution in [0.3, 0.4) is 0 Å². The molecule has 118 valence electrons. The van der Waals surface area contributed by atoms with Crippen molar-refractivity contribution in [1.82, 2.24) is 14.7 Å². The fourth-order valence-corrected chi connectivity index (χ4v) is 2.57. The van der Waals surface area contributed by atoms with Crippen molar-refractivity contribution >= 4 is 5.91 Å². The molecule has 5 nitrogen and oxygen atoms in total. The van der Waals surface area contributed by atoms with Gasteiger partial charge in [-0.05, 0) is 39.3 Å². The van der Waals surface area contributed by atoms with Crippen molar-refractivity contribution in [2.24, 2.45) is 0 Å². The first-order valence-corrected chi connectivity index (χ1v) is 7.37. The third kappa shape index (κ3) is 3.04. The highest BCUT2D eigenvalue weighted by Gasteiger charge is 2.19. The lowest BCUT2D eigenvalue weighted by Crippen LogP contribution is -2.34. The van der Waals surface area contributed by atoms with Crippen LogP contribution >= 0.6 is 0 Å². The van der Waals surface area contributed by atoms with E-state index in [0.717, 1.165) is 28.2 Å². The van der Waals surface area contributed by atoms with E-state index in [1.165, 1.54) is 11.8 Å². The van der Waals surface area contributed by atoms with Gasteiger partial charge in [-0.1, -0.05) is 18.2 Å². The SMILES string of the molecule is Cc1ccccc1-n1nc(C)c(CN(C)C(=O)C(C)O)c1C. The summed E-state index contributed by atoms with van der Waals surface area (Å²) in [6, 6.07) is 8.07. The summed E-state index contributed by atoms with van der Waals surface area (Å²) in [6.45, 7) is 7.91. The van der Waals surface area contributed by atoms with Crippen molar-refractivity contribution in [3.05, 3.63) is 46.8 Å². The Hall–Kier alpha value is -2.14. The Labute approximate surface area is 131 Å². The molecule has 0 aliphatic heterocycles. The summed E-state index contributed by atoms with van der Waals surface area (Å²) in [4.78, 5) is 13.4. The van der Waals surface area contributed by atoms with Crippen LogP contribution in [0.5, 0.6) is 0 Å². The summed E-state index contributed by atoms with van der Waals surface area (Å²) >= 11 is 0. The Morgan fingerprint density at radius 3 is 2.55 bits per heavy atom. The van der Waals surface area contributed by atoms with Gasteiger partial charge in [-0.15, -0.1) is 0 Å². The molecular formula is C17H23N3O2. The van der Waals surface area contributed by atoms with Crippen molar-refractivity contribution in [1.29, 1.82) is 0 Å². The first-order chi connectivity index (χ1) is 10.3. The Morgan fingerprint density at radius 2 is 1.95 bits per heavy atom. The van der Waals surface area contributed by atoms with Crippen molar-refractivity contribution in [2.75, 3.05) is 7.05 Å². The van der Waals surface area contributed by atoms with Crippen LogP contribution in [0.4, 0.5) is 0 Å². The zero-order valence-electron chi connectivity index (χ0n) is 13.8. The number of nitrogens with zero attached hydrogens (tertiary/aromatic N) is 3. The number of carbonyl (C=O) groups is 1. The maximum Gasteiger partial charge on any atom is 0.251 e. The van der Waals surface area contributed by atoms with Gasteiger partial charge in [0.05, 0.1) is 11.4 Å². The summed E-state index contributed by atoms with van der Waals surface area (Å²) in [5.74, 6) is -0.289. The Balaban J connectivity index is 2.36. The average Bonchev–Trinajstić information content (AvgIpc) is 2.74. The average molecular weight is 301 g/mol. The number of para-hydroxylation sites is 1. The van der Waals surface area contributed by atoms with Crippen molar-refractivity contribution in [3.8, 4) is 5.69 Å². The largest absolute Gasteiger partial charge is 0.384 e. The van der Waals surface area contributed by atoms with E-state index >= 15 is 0 Å². The molecule has 0 radical (unpaired) electrons. The number of carbonyl (C=O) groups excluding carboxylic acids is 1. The van der Waals surface area contributed by atoms with Crippen molar-refractivity contribution < 1.29 is 9.90 Å². The molecule has 2 rings (SSSR count). The molecule has 0 spiro atoms. The van der Waals surface area contributed by atoms with E-state index in [4.69, 9.17) is 0 Å². The van der Waals surface area contributed by atoms with E-state index in [9.17, 15) is 9.90 Å². The van der Waals surface area contributed by atoms with Gasteiger partial charge < -0.3 is 10.0 Å². The number of benzene rings is 1. The molecule has 0 saturated heterocycles. The Kier molecular flexibility index (Phi) is 4.66. The lowest BCUT2D eigenvalue weighted by Gasteiger charge is -2.19. The molecule has 1 N–H and O–H groups in total. The molecule has 0 aliphatic rings. The molecule has 1 aromatic heterocycles. The van der Waals surface area contributed by atoms with Crippen molar-refractivity contribution in [3.63, 3.8) is 0 Å². The number of rotatable bonds is 4. The zero-order chi connectivity index (χ0) is 16.4. The van der Waals surface area contributed by atoms with E-state index in [-0.39, 0.29) is 5.91 Å². The van der Waals surface area contributed by atoms with Gasteiger partial charge in [0.1, 0.15) is 6.10 Å². The van der Waals surface area contributed by atoms with Gasteiger partial charge in [0.25, 0.3) is 5.91 Å². The van der Waals surface area contributed by atoms with Crippen LogP contribution in [0.15, 0.2) is 24.3 Å². The van der Waals surface area contributed by atoms with Crippen LogP contribution in [0.1, 0.15) is 29.4 Å². The predicted octanol–water partition coefficient (Wildman–Crippen LogP) is 2.14. The number of aryl methyl sites for hydroxylation is 2. The maximum atomic E-state index is 11.8. The van der Waals surface area contributed by atoms with E-state index in [0.29, 0.717) is 6.54 Å². The topological polar surface area (TPSA) is 58.4 Å². The van der Waals surface area contributed by atoms with Gasteiger partial charge in [-0.2, -0.15) is 5.10 Å². The van der Waals surface area contributed by atoms with Crippen molar-refractivity contribution in [2.45, 2.75) is 40.3 Å². The molecule has 22 heavy (non-hydrogen) atoms. The van der Waals surface area contributed by atoms with E-state index in [2.05, 4.69) is 18.1 Å². The maximum absolute atomic E-state index is 11.8. The van der Waals surface area contributed by atoms with Crippen LogP contribution in [-0.4, -0.2) is 38.8 Å². The molecule has 1 atom stereocenters. The third-order valence-corrected chi connectivity index (χ3v) is 3.91. The molecule has 2 aromatic rings. The number of aromatic nitrogens is 2. The standard InChI is InChI=1S/C17H23N3O2/c1-11-8-6-7-9-16(11)20-13(3)15(12(2)18-20)10-19(5)17(22)14(4)21/h6-9,14,21H,10H2,1-5H3. The highest BCUT2D eigenvalue weighted by molar-refractivity contribution is 5.79. The van der Waals surface area contributed by atoms with Gasteiger partial charge in [-0.3, -0.25) is 4.79 Å². The number of aliphatic hydroxyl groups excluding tert-OH is 1. The lowest BCUT2D eigenvalue weighted by molar-refractivity contribution is -0.138. The van der Waals surface area contributed by atoms with E-state index in [1.807, 2.05) is 36.7 Å². The first kappa shape index (κ1) is 16.2. The number of hydrogen-bond donors (Lipinski definition) is 1. The number of aliphatic hydroxyl groups is 1. The minimum absolute atomic E-state index is 0.289. The fraction of sp³-hybridized carbons (Fsp3) is 0.412. The molecule has 5 heteroatoms. The zero-order valence-corrected chi connectivity index (χ0v) is 13.8. The summed E-state index contributed by atoms with van der Waals surface area (Å²) in [5.41, 5.74) is 5.11. The highest BCUT2D eigenvalue weighted by atomic mass is 16.3. The summed E-state index contributed by atoms with van der Waals surface area (Å²) < 4.78 is 1.92. The number of likely N-dealkylation sites (N-methyl/N-ethyl adjacent to an activating group) is 1. The third-order valence-electron chi connectivity index (χ3n) is 3.91. The van der Waals surface area contributed by atoms with Crippen LogP contribution in [0, 0.1) is 20.8 Å². The second-order valence-corrected chi connectivity index (χ2v) is 5.72. The molecular weight excluding hydrogens is 278 g/mol. The van der Waals surface area contributed by atoms with Gasteiger partial charge >= 0.3 is 0 Å². The van der Waals surface area contributed by atoms with Crippen LogP contribution in [-0.2, 0) is 11.3 Å². The highest BCUT2D eigenvalue weighted by Crippen LogP contribution is 2.21. The Morgan fingerprint density at radius 1 is 1.32 bits per heavy atom. The van der Waals surface area contributed by atoms with Crippen LogP contribution in [0.25, 0.3) is 5.69 Å². The minimum Gasteiger partial charge on any atom is -0.384 e. The number of amides is 1. The van der Waals surface area contributed by atoms with Gasteiger partial charge in [0.2, 0.25) is 0 Å². The predicted molar refractivity (Wildman–Crippen MR) is 85.9 cm³/mol. The van der Waals surface area contributed by atoms with Gasteiger partial charge in [-0.25, -0.2) is 4.68 Å². The first-order valence-electron chi connectivity index (χ1n) is 7.37. The van der Waals surface area contributed by atoms with Crippen LogP contribution < -0.4 is 0 Å². The second kappa shape index (κ2) is 6.32. The van der Waals surface area contributed by atoms with Crippen LogP contribution in [0.2, 0.25) is 0 Å². The van der Waals surface area contributed by atoms with Gasteiger partial charge in [0.15, 0.2) is 0 Å². The molecule has 0 bridgehead atoms. The normalized spacial score (nSPS) is 12.3. The Bertz CT molecular complexity index is 689. The molecule has 0 saturated carbocycles. The van der Waals surface area contributed by atoms with E-state index < -0.39 is 6.10 Å². The summed E-state index contributed by atoms with van der Waals surface area (Å²) in [6.07, 6.45) is -0.989. The van der Waals surface area contributed by atoms with E-state index in [1.54, 1.807) is 7.05 Å². The molecule has 1 amide bonds. The molecule has 0 fully saturated rings. The molecule has 1 heterocycles. The quantitative estimate of drug-likeness (QED) is 0.941. The lowest BCUT2D eigenvalue weighted by atomic mass is 10.1. The molecule has 0 aliphatic carbocycles.